The van der Waals surface area contributed by atoms with Gasteiger partial charge in [0, 0.05) is 36.4 Å². The molecule has 1 heterocycles. The van der Waals surface area contributed by atoms with Crippen molar-refractivity contribution in [3.63, 3.8) is 0 Å². The zero-order chi connectivity index (χ0) is 14.9. The second-order valence-electron chi connectivity index (χ2n) is 6.01. The maximum absolute atomic E-state index is 10.9. The highest BCUT2D eigenvalue weighted by Crippen LogP contribution is 2.28. The largest absolute Gasteiger partial charge is 0.382 e. The van der Waals surface area contributed by atoms with Crippen LogP contribution >= 0.6 is 0 Å². The second-order valence-corrected chi connectivity index (χ2v) is 6.01. The molecule has 1 aliphatic heterocycles. The van der Waals surface area contributed by atoms with Crippen LogP contribution in [-0.2, 0) is 0 Å². The predicted octanol–water partition coefficient (Wildman–Crippen LogP) is 3.04. The van der Waals surface area contributed by atoms with E-state index in [1.54, 1.807) is 12.1 Å². The fourth-order valence-electron chi connectivity index (χ4n) is 2.82. The number of likely N-dealkylation sites (tertiary alicyclic amines) is 1. The number of aryl methyl sites for hydroxylation is 1. The van der Waals surface area contributed by atoms with Gasteiger partial charge in [-0.25, -0.2) is 0 Å². The van der Waals surface area contributed by atoms with E-state index in [0.29, 0.717) is 18.0 Å². The monoisotopic (exact) mass is 277 g/mol. The van der Waals surface area contributed by atoms with Crippen molar-refractivity contribution in [3.05, 3.63) is 33.9 Å². The van der Waals surface area contributed by atoms with Crippen LogP contribution in [0.5, 0.6) is 0 Å². The van der Waals surface area contributed by atoms with Gasteiger partial charge in [-0.15, -0.1) is 0 Å². The average molecular weight is 277 g/mol. The summed E-state index contributed by atoms with van der Waals surface area (Å²) in [6.07, 6.45) is 1.06. The van der Waals surface area contributed by atoms with Gasteiger partial charge in [0.05, 0.1) is 4.92 Å². The first-order chi connectivity index (χ1) is 9.38. The number of benzene rings is 1. The van der Waals surface area contributed by atoms with Gasteiger partial charge < -0.3 is 10.2 Å². The molecular weight excluding hydrogens is 254 g/mol. The number of piperidine rings is 1. The summed E-state index contributed by atoms with van der Waals surface area (Å²) in [4.78, 5) is 12.9. The number of anilines is 1. The quantitative estimate of drug-likeness (QED) is 0.681. The molecule has 0 spiro atoms. The SMILES string of the molecule is Cc1ccc([N+](=O)[O-])cc1NC1CC(C)N(C)CC1C. The summed E-state index contributed by atoms with van der Waals surface area (Å²) in [5.74, 6) is 0.523. The molecule has 0 radical (unpaired) electrons. The Morgan fingerprint density at radius 3 is 2.75 bits per heavy atom. The van der Waals surface area contributed by atoms with E-state index in [-0.39, 0.29) is 10.6 Å². The molecule has 1 fully saturated rings. The second kappa shape index (κ2) is 5.79. The molecule has 0 saturated carbocycles. The fourth-order valence-corrected chi connectivity index (χ4v) is 2.82. The Bertz CT molecular complexity index is 504. The molecule has 2 rings (SSSR count). The first kappa shape index (κ1) is 14.8. The molecule has 0 aliphatic carbocycles. The van der Waals surface area contributed by atoms with Crippen LogP contribution in [0.15, 0.2) is 18.2 Å². The van der Waals surface area contributed by atoms with E-state index in [9.17, 15) is 10.1 Å². The van der Waals surface area contributed by atoms with Crippen LogP contribution < -0.4 is 5.32 Å². The molecular formula is C15H23N3O2. The summed E-state index contributed by atoms with van der Waals surface area (Å²) in [5.41, 5.74) is 2.08. The molecule has 110 valence electrons. The number of nitrogens with one attached hydrogen (secondary N) is 1. The minimum Gasteiger partial charge on any atom is -0.382 e. The number of hydrogen-bond donors (Lipinski definition) is 1. The van der Waals surface area contributed by atoms with E-state index in [0.717, 1.165) is 24.2 Å². The molecule has 0 aromatic heterocycles. The topological polar surface area (TPSA) is 58.4 Å². The summed E-state index contributed by atoms with van der Waals surface area (Å²) in [6, 6.07) is 5.90. The van der Waals surface area contributed by atoms with Gasteiger partial charge in [-0.05, 0) is 38.8 Å². The number of nitro groups is 1. The smallest absolute Gasteiger partial charge is 0.271 e. The molecule has 5 nitrogen and oxygen atoms in total. The molecule has 1 aromatic carbocycles. The standard InChI is InChI=1S/C15H23N3O2/c1-10-5-6-13(18(19)20)8-15(10)16-14-7-12(3)17(4)9-11(14)2/h5-6,8,11-12,14,16H,7,9H2,1-4H3. The van der Waals surface area contributed by atoms with E-state index in [1.807, 2.05) is 13.0 Å². The Hall–Kier alpha value is -1.62. The minimum atomic E-state index is -0.342. The van der Waals surface area contributed by atoms with E-state index < -0.39 is 0 Å². The molecule has 3 atom stereocenters. The summed E-state index contributed by atoms with van der Waals surface area (Å²) in [7, 11) is 2.15. The number of nitro benzene ring substituents is 1. The Morgan fingerprint density at radius 1 is 1.40 bits per heavy atom. The van der Waals surface area contributed by atoms with E-state index in [4.69, 9.17) is 0 Å². The molecule has 0 bridgehead atoms. The predicted molar refractivity (Wildman–Crippen MR) is 81.1 cm³/mol. The summed E-state index contributed by atoms with van der Waals surface area (Å²) >= 11 is 0. The van der Waals surface area contributed by atoms with Gasteiger partial charge in [0.1, 0.15) is 0 Å². The van der Waals surface area contributed by atoms with Gasteiger partial charge >= 0.3 is 0 Å². The highest BCUT2D eigenvalue weighted by atomic mass is 16.6. The summed E-state index contributed by atoms with van der Waals surface area (Å²) < 4.78 is 0. The van der Waals surface area contributed by atoms with Gasteiger partial charge in [-0.2, -0.15) is 0 Å². The van der Waals surface area contributed by atoms with Gasteiger partial charge in [0.2, 0.25) is 0 Å². The first-order valence-electron chi connectivity index (χ1n) is 7.10. The van der Waals surface area contributed by atoms with Crippen LogP contribution in [0.4, 0.5) is 11.4 Å². The van der Waals surface area contributed by atoms with Crippen molar-refractivity contribution >= 4 is 11.4 Å². The third-order valence-electron chi connectivity index (χ3n) is 4.38. The van der Waals surface area contributed by atoms with Crippen molar-refractivity contribution in [3.8, 4) is 0 Å². The Morgan fingerprint density at radius 2 is 2.10 bits per heavy atom. The third kappa shape index (κ3) is 3.10. The van der Waals surface area contributed by atoms with Crippen molar-refractivity contribution in [2.75, 3.05) is 18.9 Å². The Labute approximate surface area is 120 Å². The lowest BCUT2D eigenvalue weighted by molar-refractivity contribution is -0.384. The zero-order valence-electron chi connectivity index (χ0n) is 12.6. The number of non-ortho nitro benzene ring substituents is 1. The summed E-state index contributed by atoms with van der Waals surface area (Å²) in [6.45, 7) is 7.48. The maximum Gasteiger partial charge on any atom is 0.271 e. The lowest BCUT2D eigenvalue weighted by atomic mass is 9.89. The van der Waals surface area contributed by atoms with Crippen molar-refractivity contribution in [2.24, 2.45) is 5.92 Å². The molecule has 3 unspecified atom stereocenters. The van der Waals surface area contributed by atoms with Gasteiger partial charge in [-0.3, -0.25) is 10.1 Å². The highest BCUT2D eigenvalue weighted by molar-refractivity contribution is 5.57. The minimum absolute atomic E-state index is 0.145. The Kier molecular flexibility index (Phi) is 4.28. The molecule has 1 N–H and O–H groups in total. The fraction of sp³-hybridized carbons (Fsp3) is 0.600. The third-order valence-corrected chi connectivity index (χ3v) is 4.38. The van der Waals surface area contributed by atoms with Crippen LogP contribution in [0, 0.1) is 23.0 Å². The van der Waals surface area contributed by atoms with Crippen molar-refractivity contribution in [1.29, 1.82) is 0 Å². The van der Waals surface area contributed by atoms with Crippen LogP contribution in [0.2, 0.25) is 0 Å². The van der Waals surface area contributed by atoms with Crippen LogP contribution in [0.1, 0.15) is 25.8 Å². The van der Waals surface area contributed by atoms with Crippen LogP contribution in [0.3, 0.4) is 0 Å². The average Bonchev–Trinajstić information content (AvgIpc) is 2.38. The van der Waals surface area contributed by atoms with Crippen LogP contribution in [0.25, 0.3) is 0 Å². The molecule has 5 heteroatoms. The lowest BCUT2D eigenvalue weighted by Gasteiger charge is -2.40. The zero-order valence-corrected chi connectivity index (χ0v) is 12.6. The van der Waals surface area contributed by atoms with E-state index >= 15 is 0 Å². The first-order valence-corrected chi connectivity index (χ1v) is 7.10. The molecule has 1 saturated heterocycles. The highest BCUT2D eigenvalue weighted by Gasteiger charge is 2.29. The Balaban J connectivity index is 2.17. The number of rotatable bonds is 3. The maximum atomic E-state index is 10.9. The molecule has 1 aromatic rings. The number of hydrogen-bond acceptors (Lipinski definition) is 4. The van der Waals surface area contributed by atoms with Gasteiger partial charge in [0.25, 0.3) is 5.69 Å². The normalized spacial score (nSPS) is 27.3. The van der Waals surface area contributed by atoms with Crippen molar-refractivity contribution in [1.82, 2.24) is 4.90 Å². The molecule has 20 heavy (non-hydrogen) atoms. The van der Waals surface area contributed by atoms with Crippen molar-refractivity contribution in [2.45, 2.75) is 39.3 Å². The van der Waals surface area contributed by atoms with Crippen molar-refractivity contribution < 1.29 is 4.92 Å². The summed E-state index contributed by atoms with van der Waals surface area (Å²) in [5, 5.41) is 14.4. The van der Waals surface area contributed by atoms with E-state index in [1.165, 1.54) is 0 Å². The number of nitrogens with zero attached hydrogens (tertiary/aromatic N) is 2. The van der Waals surface area contributed by atoms with E-state index in [2.05, 4.69) is 31.1 Å². The lowest BCUT2D eigenvalue weighted by Crippen LogP contribution is -2.48. The van der Waals surface area contributed by atoms with Crippen LogP contribution in [-0.4, -0.2) is 35.5 Å². The van der Waals surface area contributed by atoms with Gasteiger partial charge in [-0.1, -0.05) is 13.0 Å². The molecule has 1 aliphatic rings. The van der Waals surface area contributed by atoms with Gasteiger partial charge in [0.15, 0.2) is 0 Å². The molecule has 0 amide bonds.